The molecule has 1 aromatic heterocycles. The Morgan fingerprint density at radius 3 is 2.65 bits per heavy atom. The first kappa shape index (κ1) is 16.8. The summed E-state index contributed by atoms with van der Waals surface area (Å²) < 4.78 is 10.7. The molecule has 20 heavy (non-hydrogen) atoms. The molecule has 1 heterocycles. The van der Waals surface area contributed by atoms with E-state index in [0.717, 1.165) is 17.2 Å². The van der Waals surface area contributed by atoms with Gasteiger partial charge in [0.2, 0.25) is 0 Å². The summed E-state index contributed by atoms with van der Waals surface area (Å²) in [5.41, 5.74) is 0.896. The van der Waals surface area contributed by atoms with Crippen molar-refractivity contribution in [2.24, 2.45) is 0 Å². The van der Waals surface area contributed by atoms with E-state index in [0.29, 0.717) is 12.6 Å². The van der Waals surface area contributed by atoms with E-state index in [1.807, 2.05) is 6.07 Å². The lowest BCUT2D eigenvalue weighted by atomic mass is 10.1. The lowest BCUT2D eigenvalue weighted by Crippen LogP contribution is -2.26. The van der Waals surface area contributed by atoms with Crippen molar-refractivity contribution >= 4 is 0 Å². The quantitative estimate of drug-likeness (QED) is 0.666. The van der Waals surface area contributed by atoms with Crippen LogP contribution in [0.15, 0.2) is 12.3 Å². The third-order valence-corrected chi connectivity index (χ3v) is 3.47. The molecule has 0 aromatic carbocycles. The molecular formula is C16H28N2O2. The second-order valence-electron chi connectivity index (χ2n) is 5.12. The van der Waals surface area contributed by atoms with E-state index in [9.17, 15) is 0 Å². The summed E-state index contributed by atoms with van der Waals surface area (Å²) in [5.74, 6) is 1.45. The second-order valence-corrected chi connectivity index (χ2v) is 5.12. The van der Waals surface area contributed by atoms with Gasteiger partial charge in [-0.15, -0.1) is 0 Å². The number of methoxy groups -OCH3 is 2. The van der Waals surface area contributed by atoms with Crippen LogP contribution in [0.3, 0.4) is 0 Å². The first-order valence-electron chi connectivity index (χ1n) is 7.52. The Hall–Kier alpha value is -1.29. The van der Waals surface area contributed by atoms with Gasteiger partial charge in [-0.25, -0.2) is 0 Å². The third-order valence-electron chi connectivity index (χ3n) is 3.47. The Balaban J connectivity index is 2.44. The Labute approximate surface area is 122 Å². The zero-order valence-corrected chi connectivity index (χ0v) is 13.2. The van der Waals surface area contributed by atoms with Crippen LogP contribution in [-0.4, -0.2) is 25.2 Å². The number of nitrogens with zero attached hydrogens (tertiary/aromatic N) is 1. The predicted octanol–water partition coefficient (Wildman–Crippen LogP) is 3.55. The van der Waals surface area contributed by atoms with E-state index in [1.54, 1.807) is 20.4 Å². The molecule has 0 saturated carbocycles. The van der Waals surface area contributed by atoms with Gasteiger partial charge in [-0.1, -0.05) is 32.6 Å². The smallest absolute Gasteiger partial charge is 0.183 e. The number of hydrogen-bond donors (Lipinski definition) is 1. The number of hydrogen-bond acceptors (Lipinski definition) is 4. The fourth-order valence-corrected chi connectivity index (χ4v) is 2.23. The minimum absolute atomic E-state index is 0.490. The van der Waals surface area contributed by atoms with E-state index in [4.69, 9.17) is 9.47 Å². The summed E-state index contributed by atoms with van der Waals surface area (Å²) in [6.45, 7) is 5.16. The van der Waals surface area contributed by atoms with E-state index < -0.39 is 0 Å². The molecule has 0 aliphatic carbocycles. The summed E-state index contributed by atoms with van der Waals surface area (Å²) in [7, 11) is 3.29. The number of nitrogens with one attached hydrogen (secondary N) is 1. The SMILES string of the molecule is CCCCCCC(C)NCc1nccc(OC)c1OC. The fourth-order valence-electron chi connectivity index (χ4n) is 2.23. The normalized spacial score (nSPS) is 12.2. The highest BCUT2D eigenvalue weighted by Crippen LogP contribution is 2.28. The molecule has 1 N–H and O–H groups in total. The Kier molecular flexibility index (Phi) is 8.04. The van der Waals surface area contributed by atoms with Crippen molar-refractivity contribution in [3.8, 4) is 11.5 Å². The lowest BCUT2D eigenvalue weighted by molar-refractivity contribution is 0.346. The maximum Gasteiger partial charge on any atom is 0.183 e. The molecule has 1 aromatic rings. The second kappa shape index (κ2) is 9.59. The number of unbranched alkanes of at least 4 members (excludes halogenated alkanes) is 3. The zero-order valence-electron chi connectivity index (χ0n) is 13.2. The van der Waals surface area contributed by atoms with Gasteiger partial charge in [0, 0.05) is 24.8 Å². The van der Waals surface area contributed by atoms with Crippen LogP contribution in [0.25, 0.3) is 0 Å². The van der Waals surface area contributed by atoms with Crippen molar-refractivity contribution in [1.82, 2.24) is 10.3 Å². The molecule has 0 fully saturated rings. The summed E-state index contributed by atoms with van der Waals surface area (Å²) in [6.07, 6.45) is 8.18. The fraction of sp³-hybridized carbons (Fsp3) is 0.688. The molecule has 0 saturated heterocycles. The highest BCUT2D eigenvalue weighted by atomic mass is 16.5. The van der Waals surface area contributed by atoms with Gasteiger partial charge in [-0.3, -0.25) is 4.98 Å². The summed E-state index contributed by atoms with van der Waals surface area (Å²) in [5, 5.41) is 3.50. The minimum Gasteiger partial charge on any atom is -0.493 e. The predicted molar refractivity (Wildman–Crippen MR) is 82.4 cm³/mol. The number of pyridine rings is 1. The Morgan fingerprint density at radius 2 is 2.00 bits per heavy atom. The van der Waals surface area contributed by atoms with Crippen molar-refractivity contribution in [1.29, 1.82) is 0 Å². The standard InChI is InChI=1S/C16H28N2O2/c1-5-6-7-8-9-13(2)18-12-14-16(20-4)15(19-3)10-11-17-14/h10-11,13,18H,5-9,12H2,1-4H3. The van der Waals surface area contributed by atoms with Crippen LogP contribution < -0.4 is 14.8 Å². The van der Waals surface area contributed by atoms with Crippen molar-refractivity contribution in [3.63, 3.8) is 0 Å². The maximum absolute atomic E-state index is 5.39. The van der Waals surface area contributed by atoms with Gasteiger partial charge in [0.1, 0.15) is 0 Å². The molecule has 0 aliphatic rings. The molecule has 1 atom stereocenters. The highest BCUT2D eigenvalue weighted by Gasteiger charge is 2.11. The van der Waals surface area contributed by atoms with Crippen LogP contribution in [0.5, 0.6) is 11.5 Å². The summed E-state index contributed by atoms with van der Waals surface area (Å²) in [6, 6.07) is 2.31. The average molecular weight is 280 g/mol. The van der Waals surface area contributed by atoms with Gasteiger partial charge in [0.05, 0.1) is 19.9 Å². The molecule has 1 rings (SSSR count). The van der Waals surface area contributed by atoms with Gasteiger partial charge < -0.3 is 14.8 Å². The zero-order chi connectivity index (χ0) is 14.8. The maximum atomic E-state index is 5.39. The van der Waals surface area contributed by atoms with Gasteiger partial charge in [-0.05, 0) is 13.3 Å². The van der Waals surface area contributed by atoms with E-state index >= 15 is 0 Å². The topological polar surface area (TPSA) is 43.4 Å². The van der Waals surface area contributed by atoms with E-state index in [1.165, 1.54) is 32.1 Å². The molecule has 1 unspecified atom stereocenters. The number of rotatable bonds is 10. The molecule has 114 valence electrons. The molecule has 0 radical (unpaired) electrons. The first-order chi connectivity index (χ1) is 9.72. The summed E-state index contributed by atoms with van der Waals surface area (Å²) in [4.78, 5) is 4.37. The highest BCUT2D eigenvalue weighted by molar-refractivity contribution is 5.42. The third kappa shape index (κ3) is 5.37. The van der Waals surface area contributed by atoms with Gasteiger partial charge in [-0.2, -0.15) is 0 Å². The molecule has 4 heteroatoms. The van der Waals surface area contributed by atoms with Crippen molar-refractivity contribution in [3.05, 3.63) is 18.0 Å². The van der Waals surface area contributed by atoms with Crippen LogP contribution in [0.2, 0.25) is 0 Å². The van der Waals surface area contributed by atoms with Gasteiger partial charge in [0.15, 0.2) is 11.5 Å². The minimum atomic E-state index is 0.490. The number of aromatic nitrogens is 1. The van der Waals surface area contributed by atoms with Crippen LogP contribution in [0.4, 0.5) is 0 Å². The number of ether oxygens (including phenoxy) is 2. The average Bonchev–Trinajstić information content (AvgIpc) is 2.48. The molecular weight excluding hydrogens is 252 g/mol. The van der Waals surface area contributed by atoms with Crippen molar-refractivity contribution in [2.45, 2.75) is 58.5 Å². The van der Waals surface area contributed by atoms with Crippen LogP contribution >= 0.6 is 0 Å². The van der Waals surface area contributed by atoms with Crippen molar-refractivity contribution in [2.75, 3.05) is 14.2 Å². The van der Waals surface area contributed by atoms with Crippen LogP contribution in [-0.2, 0) is 6.54 Å². The lowest BCUT2D eigenvalue weighted by Gasteiger charge is -2.16. The van der Waals surface area contributed by atoms with E-state index in [2.05, 4.69) is 24.1 Å². The Morgan fingerprint density at radius 1 is 1.20 bits per heavy atom. The monoisotopic (exact) mass is 280 g/mol. The van der Waals surface area contributed by atoms with E-state index in [-0.39, 0.29) is 0 Å². The molecule has 0 spiro atoms. The van der Waals surface area contributed by atoms with Gasteiger partial charge >= 0.3 is 0 Å². The van der Waals surface area contributed by atoms with Crippen LogP contribution in [0.1, 0.15) is 51.6 Å². The molecule has 0 bridgehead atoms. The molecule has 0 amide bonds. The largest absolute Gasteiger partial charge is 0.493 e. The van der Waals surface area contributed by atoms with Crippen LogP contribution in [0, 0.1) is 0 Å². The first-order valence-corrected chi connectivity index (χ1v) is 7.52. The Bertz CT molecular complexity index is 383. The molecule has 0 aliphatic heterocycles. The van der Waals surface area contributed by atoms with Gasteiger partial charge in [0.25, 0.3) is 0 Å². The van der Waals surface area contributed by atoms with Crippen molar-refractivity contribution < 1.29 is 9.47 Å². The molecule has 4 nitrogen and oxygen atoms in total. The summed E-state index contributed by atoms with van der Waals surface area (Å²) >= 11 is 0.